The van der Waals surface area contributed by atoms with Crippen LogP contribution >= 0.6 is 0 Å². The van der Waals surface area contributed by atoms with Crippen LogP contribution in [0.1, 0.15) is 17.3 Å². The number of nitrogens with zero attached hydrogens (tertiary/aromatic N) is 3. The number of hydrogen-bond acceptors (Lipinski definition) is 7. The number of rotatable bonds is 7. The number of hydrogen-bond donors (Lipinski definition) is 2. The second-order valence-electron chi connectivity index (χ2n) is 7.04. The first kappa shape index (κ1) is 20.1. The van der Waals surface area contributed by atoms with Gasteiger partial charge < -0.3 is 25.4 Å². The Hall–Kier alpha value is -4.14. The Balaban J connectivity index is 1.47. The molecule has 4 rings (SSSR count). The van der Waals surface area contributed by atoms with Crippen LogP contribution in [0.3, 0.4) is 0 Å². The molecule has 0 unspecified atom stereocenters. The first-order valence-electron chi connectivity index (χ1n) is 9.67. The summed E-state index contributed by atoms with van der Waals surface area (Å²) in [5.41, 5.74) is 5.52. The quantitative estimate of drug-likeness (QED) is 0.604. The Kier molecular flexibility index (Phi) is 5.65. The predicted octanol–water partition coefficient (Wildman–Crippen LogP) is 2.48. The van der Waals surface area contributed by atoms with Crippen LogP contribution < -0.4 is 25.4 Å². The van der Waals surface area contributed by atoms with Crippen molar-refractivity contribution >= 4 is 17.8 Å². The molecule has 31 heavy (non-hydrogen) atoms. The van der Waals surface area contributed by atoms with Gasteiger partial charge in [-0.2, -0.15) is 4.98 Å². The lowest BCUT2D eigenvalue weighted by Gasteiger charge is -2.39. The van der Waals surface area contributed by atoms with Crippen molar-refractivity contribution in [1.29, 1.82) is 0 Å². The molecule has 2 aromatic carbocycles. The van der Waals surface area contributed by atoms with Crippen molar-refractivity contribution in [2.75, 3.05) is 18.0 Å². The highest BCUT2D eigenvalue weighted by molar-refractivity contribution is 5.95. The summed E-state index contributed by atoms with van der Waals surface area (Å²) in [7, 11) is 0. The molecule has 2 heterocycles. The molecule has 1 saturated heterocycles. The fourth-order valence-corrected chi connectivity index (χ4v) is 3.09. The number of carbonyl (C=O) groups excluding carboxylic acids is 2. The van der Waals surface area contributed by atoms with E-state index in [1.807, 2.05) is 35.2 Å². The van der Waals surface area contributed by atoms with Crippen LogP contribution in [-0.4, -0.2) is 40.9 Å². The number of nitrogens with two attached hydrogens (primary N) is 1. The Bertz CT molecular complexity index is 1080. The molecule has 1 aliphatic heterocycles. The molecule has 3 aromatic rings. The Morgan fingerprint density at radius 2 is 1.61 bits per heavy atom. The average Bonchev–Trinajstić information content (AvgIpc) is 2.72. The zero-order valence-corrected chi connectivity index (χ0v) is 16.8. The van der Waals surface area contributed by atoms with Crippen LogP contribution in [0.25, 0.3) is 0 Å². The van der Waals surface area contributed by atoms with E-state index in [9.17, 15) is 9.59 Å². The van der Waals surface area contributed by atoms with Gasteiger partial charge in [0.25, 0.3) is 5.91 Å². The summed E-state index contributed by atoms with van der Waals surface area (Å²) in [6.07, 6.45) is 1.35. The molecule has 0 atom stereocenters. The SMILES string of the molecule is CC(=O)NC1CN(c2ncc(C(N)=O)c(Oc3ccc(Oc4ccccc4)cc3)n2)C1. The minimum absolute atomic E-state index is 0.0402. The molecular weight excluding hydrogens is 398 g/mol. The van der Waals surface area contributed by atoms with E-state index in [0.717, 1.165) is 5.75 Å². The maximum Gasteiger partial charge on any atom is 0.255 e. The molecule has 0 aliphatic carbocycles. The van der Waals surface area contributed by atoms with Crippen LogP contribution in [0, 0.1) is 0 Å². The van der Waals surface area contributed by atoms with Gasteiger partial charge >= 0.3 is 0 Å². The van der Waals surface area contributed by atoms with Gasteiger partial charge in [-0.1, -0.05) is 18.2 Å². The van der Waals surface area contributed by atoms with Crippen LogP contribution in [0.15, 0.2) is 60.8 Å². The maximum atomic E-state index is 11.8. The topological polar surface area (TPSA) is 120 Å². The number of amides is 2. The molecule has 2 amide bonds. The minimum atomic E-state index is -0.690. The molecule has 9 heteroatoms. The van der Waals surface area contributed by atoms with Gasteiger partial charge in [0.2, 0.25) is 17.7 Å². The minimum Gasteiger partial charge on any atom is -0.457 e. The molecule has 3 N–H and O–H groups in total. The van der Waals surface area contributed by atoms with E-state index in [1.165, 1.54) is 13.1 Å². The third-order valence-electron chi connectivity index (χ3n) is 4.60. The summed E-state index contributed by atoms with van der Waals surface area (Å²) in [6.45, 7) is 2.61. The van der Waals surface area contributed by atoms with Crippen LogP contribution in [0.2, 0.25) is 0 Å². The third-order valence-corrected chi connectivity index (χ3v) is 4.60. The fourth-order valence-electron chi connectivity index (χ4n) is 3.09. The Labute approximate surface area is 178 Å². The summed E-state index contributed by atoms with van der Waals surface area (Å²) in [5.74, 6) is 1.51. The van der Waals surface area contributed by atoms with Crippen molar-refractivity contribution < 1.29 is 19.1 Å². The molecule has 0 radical (unpaired) electrons. The highest BCUT2D eigenvalue weighted by atomic mass is 16.5. The summed E-state index contributed by atoms with van der Waals surface area (Å²) >= 11 is 0. The first-order valence-corrected chi connectivity index (χ1v) is 9.67. The number of para-hydroxylation sites is 1. The fraction of sp³-hybridized carbons (Fsp3) is 0.182. The molecule has 1 fully saturated rings. The molecule has 0 saturated carbocycles. The van der Waals surface area contributed by atoms with E-state index in [0.29, 0.717) is 30.5 Å². The monoisotopic (exact) mass is 419 g/mol. The van der Waals surface area contributed by atoms with Crippen LogP contribution in [0.4, 0.5) is 5.95 Å². The van der Waals surface area contributed by atoms with Crippen molar-refractivity contribution in [3.63, 3.8) is 0 Å². The lowest BCUT2D eigenvalue weighted by atomic mass is 10.1. The number of anilines is 1. The van der Waals surface area contributed by atoms with Crippen molar-refractivity contribution in [2.24, 2.45) is 5.73 Å². The third kappa shape index (κ3) is 4.89. The highest BCUT2D eigenvalue weighted by Gasteiger charge is 2.30. The highest BCUT2D eigenvalue weighted by Crippen LogP contribution is 2.29. The summed E-state index contributed by atoms with van der Waals surface area (Å²) in [6, 6.07) is 16.4. The lowest BCUT2D eigenvalue weighted by molar-refractivity contribution is -0.119. The average molecular weight is 419 g/mol. The zero-order valence-electron chi connectivity index (χ0n) is 16.8. The van der Waals surface area contributed by atoms with Gasteiger partial charge in [0.05, 0.1) is 6.04 Å². The first-order chi connectivity index (χ1) is 15.0. The van der Waals surface area contributed by atoms with E-state index in [-0.39, 0.29) is 23.4 Å². The molecule has 1 aliphatic rings. The number of ether oxygens (including phenoxy) is 2. The second-order valence-corrected chi connectivity index (χ2v) is 7.04. The lowest BCUT2D eigenvalue weighted by Crippen LogP contribution is -2.59. The van der Waals surface area contributed by atoms with Gasteiger partial charge in [-0.15, -0.1) is 0 Å². The number of aromatic nitrogens is 2. The zero-order chi connectivity index (χ0) is 21.8. The molecular formula is C22H21N5O4. The molecule has 0 spiro atoms. The van der Waals surface area contributed by atoms with E-state index in [1.54, 1.807) is 24.3 Å². The van der Waals surface area contributed by atoms with Gasteiger partial charge in [0.15, 0.2) is 0 Å². The maximum absolute atomic E-state index is 11.8. The molecule has 158 valence electrons. The summed E-state index contributed by atoms with van der Waals surface area (Å²) < 4.78 is 11.6. The van der Waals surface area contributed by atoms with Crippen molar-refractivity contribution in [3.05, 3.63) is 66.4 Å². The Morgan fingerprint density at radius 1 is 1.00 bits per heavy atom. The van der Waals surface area contributed by atoms with Gasteiger partial charge in [-0.25, -0.2) is 4.98 Å². The van der Waals surface area contributed by atoms with Crippen molar-refractivity contribution in [3.8, 4) is 23.1 Å². The number of nitrogens with one attached hydrogen (secondary N) is 1. The van der Waals surface area contributed by atoms with E-state index >= 15 is 0 Å². The standard InChI is InChI=1S/C22H21N5O4/c1-14(28)25-15-12-27(13-15)22-24-11-19(20(23)29)21(26-22)31-18-9-7-17(8-10-18)30-16-5-3-2-4-6-16/h2-11,15H,12-13H2,1H3,(H2,23,29)(H,25,28). The van der Waals surface area contributed by atoms with Gasteiger partial charge in [-0.05, 0) is 36.4 Å². The molecule has 0 bridgehead atoms. The number of benzene rings is 2. The van der Waals surface area contributed by atoms with Crippen LogP contribution in [-0.2, 0) is 4.79 Å². The van der Waals surface area contributed by atoms with Gasteiger partial charge in [0, 0.05) is 26.2 Å². The predicted molar refractivity (Wildman–Crippen MR) is 113 cm³/mol. The van der Waals surface area contributed by atoms with Crippen molar-refractivity contribution in [1.82, 2.24) is 15.3 Å². The van der Waals surface area contributed by atoms with E-state index in [2.05, 4.69) is 15.3 Å². The number of primary amides is 1. The largest absolute Gasteiger partial charge is 0.457 e. The smallest absolute Gasteiger partial charge is 0.255 e. The van der Waals surface area contributed by atoms with Gasteiger partial charge in [0.1, 0.15) is 22.8 Å². The normalized spacial score (nSPS) is 13.3. The number of carbonyl (C=O) groups is 2. The van der Waals surface area contributed by atoms with Crippen LogP contribution in [0.5, 0.6) is 23.1 Å². The molecule has 1 aromatic heterocycles. The summed E-state index contributed by atoms with van der Waals surface area (Å²) in [4.78, 5) is 33.4. The van der Waals surface area contributed by atoms with E-state index in [4.69, 9.17) is 15.2 Å². The van der Waals surface area contributed by atoms with Gasteiger partial charge in [-0.3, -0.25) is 9.59 Å². The Morgan fingerprint density at radius 3 is 2.23 bits per heavy atom. The van der Waals surface area contributed by atoms with Crippen molar-refractivity contribution in [2.45, 2.75) is 13.0 Å². The summed E-state index contributed by atoms with van der Waals surface area (Å²) in [5, 5.41) is 2.83. The van der Waals surface area contributed by atoms with E-state index < -0.39 is 5.91 Å². The second kappa shape index (κ2) is 8.70. The molecule has 9 nitrogen and oxygen atoms in total.